The van der Waals surface area contributed by atoms with Crippen molar-refractivity contribution in [3.05, 3.63) is 36.8 Å². The number of ether oxygens (including phenoxy) is 1. The van der Waals surface area contributed by atoms with Crippen LogP contribution in [-0.4, -0.2) is 81.7 Å². The van der Waals surface area contributed by atoms with Crippen LogP contribution in [0.5, 0.6) is 5.88 Å². The Morgan fingerprint density at radius 1 is 1.27 bits per heavy atom. The van der Waals surface area contributed by atoms with Gasteiger partial charge >= 0.3 is 0 Å². The summed E-state index contributed by atoms with van der Waals surface area (Å²) in [6.07, 6.45) is 1.17. The first kappa shape index (κ1) is 25.2. The van der Waals surface area contributed by atoms with E-state index in [0.717, 1.165) is 10.6 Å². The van der Waals surface area contributed by atoms with Crippen LogP contribution in [0.25, 0.3) is 27.7 Å². The van der Waals surface area contributed by atoms with Gasteiger partial charge < -0.3 is 14.6 Å². The highest BCUT2D eigenvalue weighted by Crippen LogP contribution is 2.34. The molecule has 15 heteroatoms. The van der Waals surface area contributed by atoms with E-state index in [1.165, 1.54) is 22.5 Å². The molecule has 4 aromatic rings. The lowest BCUT2D eigenvalue weighted by Gasteiger charge is -2.37. The zero-order valence-corrected chi connectivity index (χ0v) is 20.6. The minimum Gasteiger partial charge on any atom is -0.479 e. The van der Waals surface area contributed by atoms with Gasteiger partial charge in [0, 0.05) is 18.3 Å². The highest BCUT2D eigenvalue weighted by Gasteiger charge is 2.47. The first-order valence-electron chi connectivity index (χ1n) is 11.2. The number of hydrogen-bond donors (Lipinski definition) is 1. The summed E-state index contributed by atoms with van der Waals surface area (Å²) in [5, 5.41) is 6.93. The number of piperidine rings is 1. The summed E-state index contributed by atoms with van der Waals surface area (Å²) in [4.78, 5) is 8.42. The number of benzene rings is 1. The Balaban J connectivity index is 1.48. The van der Waals surface area contributed by atoms with E-state index in [4.69, 9.17) is 4.74 Å². The first-order valence-corrected chi connectivity index (χ1v) is 13.1. The van der Waals surface area contributed by atoms with Crippen molar-refractivity contribution >= 4 is 32.5 Å². The van der Waals surface area contributed by atoms with Crippen LogP contribution < -0.4 is 10.1 Å². The second kappa shape index (κ2) is 9.13. The first-order chi connectivity index (χ1) is 17.5. The number of methoxy groups -OCH3 is 1. The van der Waals surface area contributed by atoms with E-state index in [1.807, 2.05) is 0 Å². The highest BCUT2D eigenvalue weighted by molar-refractivity contribution is 7.88. The zero-order chi connectivity index (χ0) is 26.5. The Kier molecular flexibility index (Phi) is 6.22. The second-order valence-electron chi connectivity index (χ2n) is 8.80. The maximum absolute atomic E-state index is 14.8. The minimum absolute atomic E-state index is 0.0657. The molecule has 198 valence electrons. The van der Waals surface area contributed by atoms with E-state index in [9.17, 15) is 26.0 Å². The molecule has 1 aromatic carbocycles. The number of rotatable bonds is 7. The minimum atomic E-state index is -3.75. The summed E-state index contributed by atoms with van der Waals surface area (Å²) in [5.74, 6) is -3.37. The van der Waals surface area contributed by atoms with E-state index in [0.29, 0.717) is 27.7 Å². The van der Waals surface area contributed by atoms with Crippen LogP contribution in [0.3, 0.4) is 0 Å². The summed E-state index contributed by atoms with van der Waals surface area (Å²) in [5.41, 5.74) is 2.85. The molecule has 1 aliphatic rings. The molecule has 0 saturated carbocycles. The molecule has 0 amide bonds. The molecule has 1 N–H and O–H groups in total. The van der Waals surface area contributed by atoms with Gasteiger partial charge in [0.15, 0.2) is 0 Å². The van der Waals surface area contributed by atoms with Gasteiger partial charge in [0.2, 0.25) is 21.9 Å². The van der Waals surface area contributed by atoms with Crippen molar-refractivity contribution in [2.24, 2.45) is 0 Å². The summed E-state index contributed by atoms with van der Waals surface area (Å²) in [6.45, 7) is -1.50. The molecule has 1 fully saturated rings. The fourth-order valence-electron chi connectivity index (χ4n) is 4.47. The van der Waals surface area contributed by atoms with Gasteiger partial charge in [0.05, 0.1) is 49.9 Å². The van der Waals surface area contributed by atoms with Gasteiger partial charge in [-0.05, 0) is 30.2 Å². The average Bonchev–Trinajstić information content (AvgIpc) is 3.42. The fraction of sp³-hybridized carbons (Fsp3) is 0.409. The predicted molar refractivity (Wildman–Crippen MR) is 128 cm³/mol. The predicted octanol–water partition coefficient (Wildman–Crippen LogP) is 3.10. The van der Waals surface area contributed by atoms with Crippen molar-refractivity contribution in [2.75, 3.05) is 31.8 Å². The lowest BCUT2D eigenvalue weighted by Crippen LogP contribution is -2.55. The van der Waals surface area contributed by atoms with Gasteiger partial charge in [0.25, 0.3) is 12.3 Å². The Morgan fingerprint density at radius 2 is 2.05 bits per heavy atom. The number of alkyl halides is 4. The quantitative estimate of drug-likeness (QED) is 0.359. The van der Waals surface area contributed by atoms with E-state index in [2.05, 4.69) is 20.4 Å². The number of anilines is 1. The number of halogens is 4. The lowest BCUT2D eigenvalue weighted by atomic mass is 10.0. The molecule has 0 bridgehead atoms. The van der Waals surface area contributed by atoms with Crippen LogP contribution in [-0.2, 0) is 16.6 Å². The third-order valence-electron chi connectivity index (χ3n) is 6.28. The fourth-order valence-corrected chi connectivity index (χ4v) is 5.32. The molecule has 1 aliphatic heterocycles. The molecular weight excluding hydrogens is 518 g/mol. The highest BCUT2D eigenvalue weighted by atomic mass is 32.2. The van der Waals surface area contributed by atoms with Crippen LogP contribution in [0.15, 0.2) is 36.8 Å². The molecule has 4 heterocycles. The molecule has 3 aromatic heterocycles. The molecular formula is C22H23F4N7O3S. The van der Waals surface area contributed by atoms with E-state index in [1.54, 1.807) is 30.5 Å². The number of imidazole rings is 1. The molecule has 1 saturated heterocycles. The zero-order valence-electron chi connectivity index (χ0n) is 19.8. The third kappa shape index (κ3) is 4.80. The number of fused-ring (bicyclic) bond motifs is 2. The van der Waals surface area contributed by atoms with Crippen LogP contribution in [0.2, 0.25) is 0 Å². The molecule has 0 unspecified atom stereocenters. The number of nitrogens with zero attached hydrogens (tertiary/aromatic N) is 6. The van der Waals surface area contributed by atoms with Crippen LogP contribution in [0.4, 0.5) is 23.5 Å². The second-order valence-corrected chi connectivity index (χ2v) is 10.8. The van der Waals surface area contributed by atoms with Crippen molar-refractivity contribution in [1.29, 1.82) is 0 Å². The third-order valence-corrected chi connectivity index (χ3v) is 7.53. The van der Waals surface area contributed by atoms with Gasteiger partial charge in [-0.15, -0.1) is 5.10 Å². The Labute approximate surface area is 208 Å². The van der Waals surface area contributed by atoms with Crippen molar-refractivity contribution in [1.82, 2.24) is 28.5 Å². The smallest absolute Gasteiger partial charge is 0.281 e. The summed E-state index contributed by atoms with van der Waals surface area (Å²) in [7, 11) is -2.37. The SMILES string of the molecule is COc1nc(N[C@@H]2CCN(S(C)(=O)=O)CC2(F)F)nn2ccc(-c3ccc4ncn(CC(F)F)c4c3)c12. The van der Waals surface area contributed by atoms with Crippen molar-refractivity contribution in [3.63, 3.8) is 0 Å². The van der Waals surface area contributed by atoms with Crippen LogP contribution in [0.1, 0.15) is 6.42 Å². The number of nitrogens with one attached hydrogen (secondary N) is 1. The molecule has 5 rings (SSSR count). The largest absolute Gasteiger partial charge is 0.479 e. The van der Waals surface area contributed by atoms with Crippen molar-refractivity contribution < 1.29 is 30.7 Å². The van der Waals surface area contributed by atoms with Crippen LogP contribution in [0, 0.1) is 0 Å². The Hall–Kier alpha value is -3.46. The van der Waals surface area contributed by atoms with Gasteiger partial charge in [-0.25, -0.2) is 35.5 Å². The number of aromatic nitrogens is 5. The monoisotopic (exact) mass is 541 g/mol. The molecule has 0 spiro atoms. The van der Waals surface area contributed by atoms with Gasteiger partial charge in [-0.3, -0.25) is 0 Å². The van der Waals surface area contributed by atoms with Gasteiger partial charge in [-0.1, -0.05) is 6.07 Å². The molecule has 10 nitrogen and oxygen atoms in total. The number of sulfonamides is 1. The normalized spacial score (nSPS) is 18.6. The Morgan fingerprint density at radius 3 is 2.73 bits per heavy atom. The number of hydrogen-bond acceptors (Lipinski definition) is 7. The molecule has 0 radical (unpaired) electrons. The molecule has 0 aliphatic carbocycles. The summed E-state index contributed by atoms with van der Waals surface area (Å²) >= 11 is 0. The molecule has 1 atom stereocenters. The van der Waals surface area contributed by atoms with Crippen LogP contribution >= 0.6 is 0 Å². The van der Waals surface area contributed by atoms with E-state index in [-0.39, 0.29) is 24.8 Å². The maximum atomic E-state index is 14.8. The van der Waals surface area contributed by atoms with Crippen molar-refractivity contribution in [3.8, 4) is 17.0 Å². The van der Waals surface area contributed by atoms with E-state index >= 15 is 0 Å². The maximum Gasteiger partial charge on any atom is 0.281 e. The van der Waals surface area contributed by atoms with E-state index < -0.39 is 41.5 Å². The standard InChI is InChI=1S/C22H23F4N7O3S/c1-36-20-19-14(13-3-4-15-16(9-13)31(12-27-15)10-18(23)24)5-8-33(19)30-21(29-20)28-17-6-7-32(37(2,34)35)11-22(17,25)26/h3-5,8-9,12,17-18H,6-7,10-11H2,1-2H3,(H,28,30)/t17-/m1/s1. The average molecular weight is 542 g/mol. The molecule has 37 heavy (non-hydrogen) atoms. The Bertz CT molecular complexity index is 1570. The van der Waals surface area contributed by atoms with Gasteiger partial charge in [0.1, 0.15) is 5.52 Å². The summed E-state index contributed by atoms with van der Waals surface area (Å²) in [6, 6.07) is 5.55. The van der Waals surface area contributed by atoms with Crippen molar-refractivity contribution in [2.45, 2.75) is 31.4 Å². The summed E-state index contributed by atoms with van der Waals surface area (Å²) < 4.78 is 87.8. The lowest BCUT2D eigenvalue weighted by molar-refractivity contribution is -0.0541. The van der Waals surface area contributed by atoms with Gasteiger partial charge in [-0.2, -0.15) is 9.29 Å². The topological polar surface area (TPSA) is 107 Å².